The summed E-state index contributed by atoms with van der Waals surface area (Å²) in [7, 11) is 1.73. The Bertz CT molecular complexity index is 259. The number of hydrogen-bond acceptors (Lipinski definition) is 3. The maximum Gasteiger partial charge on any atom is 0.247 e. The van der Waals surface area contributed by atoms with Crippen LogP contribution in [-0.2, 0) is 9.59 Å². The Morgan fingerprint density at radius 1 is 1.29 bits per heavy atom. The molecule has 1 aliphatic carbocycles. The fraction of sp³-hybridized carbons (Fsp3) is 0.800. The van der Waals surface area contributed by atoms with E-state index in [0.29, 0.717) is 6.42 Å². The average molecular weight is 196 g/mol. The number of nitrogens with one attached hydrogen (secondary N) is 1. The summed E-state index contributed by atoms with van der Waals surface area (Å²) in [6.45, 7) is 0. The molecule has 1 heterocycles. The van der Waals surface area contributed by atoms with Crippen LogP contribution >= 0.6 is 0 Å². The smallest absolute Gasteiger partial charge is 0.247 e. The minimum Gasteiger partial charge on any atom is -0.308 e. The van der Waals surface area contributed by atoms with Crippen LogP contribution in [0.4, 0.5) is 0 Å². The second-order valence-corrected chi connectivity index (χ2v) is 4.09. The van der Waals surface area contributed by atoms with E-state index in [-0.39, 0.29) is 23.9 Å². The largest absolute Gasteiger partial charge is 0.308 e. The summed E-state index contributed by atoms with van der Waals surface area (Å²) >= 11 is 0. The van der Waals surface area contributed by atoms with Crippen LogP contribution in [0.3, 0.4) is 0 Å². The summed E-state index contributed by atoms with van der Waals surface area (Å²) in [5.74, 6) is -0.0225. The molecule has 1 N–H and O–H groups in total. The molecule has 1 unspecified atom stereocenters. The maximum atomic E-state index is 11.8. The fourth-order valence-corrected chi connectivity index (χ4v) is 2.42. The number of nitrogens with zero attached hydrogens (tertiary/aromatic N) is 1. The minimum atomic E-state index is -0.275. The number of rotatable bonds is 2. The van der Waals surface area contributed by atoms with E-state index in [1.54, 1.807) is 7.05 Å². The second-order valence-electron chi connectivity index (χ2n) is 4.09. The summed E-state index contributed by atoms with van der Waals surface area (Å²) in [5.41, 5.74) is 0. The lowest BCUT2D eigenvalue weighted by Gasteiger charge is -2.21. The third-order valence-corrected chi connectivity index (χ3v) is 3.22. The molecule has 0 aromatic rings. The first-order chi connectivity index (χ1) is 6.74. The molecule has 1 saturated heterocycles. The maximum absolute atomic E-state index is 11.8. The first-order valence-corrected chi connectivity index (χ1v) is 5.27. The molecule has 2 amide bonds. The van der Waals surface area contributed by atoms with E-state index in [9.17, 15) is 9.59 Å². The molecular weight excluding hydrogens is 180 g/mol. The standard InChI is InChI=1S/C10H16N2O2/c1-11-8-6-9(13)12(10(8)14)7-4-2-3-5-7/h7-8,11H,2-6H2,1H3. The van der Waals surface area contributed by atoms with E-state index in [1.165, 1.54) is 4.90 Å². The van der Waals surface area contributed by atoms with Crippen LogP contribution in [-0.4, -0.2) is 35.8 Å². The summed E-state index contributed by atoms with van der Waals surface area (Å²) in [5, 5.41) is 2.89. The van der Waals surface area contributed by atoms with E-state index < -0.39 is 0 Å². The van der Waals surface area contributed by atoms with Gasteiger partial charge in [-0.15, -0.1) is 0 Å². The molecule has 0 radical (unpaired) electrons. The van der Waals surface area contributed by atoms with Gasteiger partial charge in [-0.05, 0) is 19.9 Å². The zero-order valence-corrected chi connectivity index (χ0v) is 8.45. The monoisotopic (exact) mass is 196 g/mol. The third kappa shape index (κ3) is 1.43. The molecule has 0 aromatic heterocycles. The summed E-state index contributed by atoms with van der Waals surface area (Å²) in [6, 6.07) is -0.0866. The Labute approximate surface area is 83.6 Å². The summed E-state index contributed by atoms with van der Waals surface area (Å²) in [6.07, 6.45) is 4.62. The Morgan fingerprint density at radius 2 is 1.93 bits per heavy atom. The predicted octanol–water partition coefficient (Wildman–Crippen LogP) is 0.276. The molecule has 0 bridgehead atoms. The van der Waals surface area contributed by atoms with Gasteiger partial charge in [0.05, 0.1) is 12.5 Å². The zero-order valence-electron chi connectivity index (χ0n) is 8.45. The van der Waals surface area contributed by atoms with Crippen molar-refractivity contribution in [3.63, 3.8) is 0 Å². The quantitative estimate of drug-likeness (QED) is 0.645. The number of carbonyl (C=O) groups excluding carboxylic acids is 2. The van der Waals surface area contributed by atoms with Crippen LogP contribution in [0.25, 0.3) is 0 Å². The molecule has 2 rings (SSSR count). The molecule has 78 valence electrons. The predicted molar refractivity (Wildman–Crippen MR) is 51.6 cm³/mol. The van der Waals surface area contributed by atoms with Crippen LogP contribution in [0.2, 0.25) is 0 Å². The molecule has 2 aliphatic rings. The number of hydrogen-bond donors (Lipinski definition) is 1. The van der Waals surface area contributed by atoms with E-state index in [0.717, 1.165) is 25.7 Å². The van der Waals surface area contributed by atoms with Crippen molar-refractivity contribution in [2.45, 2.75) is 44.2 Å². The lowest BCUT2D eigenvalue weighted by Crippen LogP contribution is -2.42. The van der Waals surface area contributed by atoms with Gasteiger partial charge in [0.25, 0.3) is 0 Å². The Balaban J connectivity index is 2.10. The van der Waals surface area contributed by atoms with Crippen molar-refractivity contribution in [1.82, 2.24) is 10.2 Å². The number of amides is 2. The zero-order chi connectivity index (χ0) is 10.1. The number of likely N-dealkylation sites (N-methyl/N-ethyl adjacent to an activating group) is 1. The van der Waals surface area contributed by atoms with Crippen molar-refractivity contribution in [2.24, 2.45) is 0 Å². The molecular formula is C10H16N2O2. The van der Waals surface area contributed by atoms with Crippen LogP contribution in [0.5, 0.6) is 0 Å². The van der Waals surface area contributed by atoms with Gasteiger partial charge in [0.1, 0.15) is 0 Å². The highest BCUT2D eigenvalue weighted by Crippen LogP contribution is 2.27. The molecule has 1 atom stereocenters. The Hall–Kier alpha value is -0.900. The van der Waals surface area contributed by atoms with Gasteiger partial charge in [0, 0.05) is 6.04 Å². The molecule has 0 aromatic carbocycles. The highest BCUT2D eigenvalue weighted by Gasteiger charge is 2.42. The van der Waals surface area contributed by atoms with Gasteiger partial charge in [0.2, 0.25) is 11.8 Å². The van der Waals surface area contributed by atoms with Crippen molar-refractivity contribution < 1.29 is 9.59 Å². The van der Waals surface area contributed by atoms with E-state index in [2.05, 4.69) is 5.32 Å². The molecule has 2 fully saturated rings. The van der Waals surface area contributed by atoms with Crippen molar-refractivity contribution in [3.05, 3.63) is 0 Å². The van der Waals surface area contributed by atoms with Crippen molar-refractivity contribution in [3.8, 4) is 0 Å². The van der Waals surface area contributed by atoms with E-state index in [1.807, 2.05) is 0 Å². The van der Waals surface area contributed by atoms with Gasteiger partial charge < -0.3 is 5.32 Å². The first-order valence-electron chi connectivity index (χ1n) is 5.27. The highest BCUT2D eigenvalue weighted by atomic mass is 16.2. The number of imide groups is 1. The lowest BCUT2D eigenvalue weighted by molar-refractivity contribution is -0.141. The van der Waals surface area contributed by atoms with E-state index in [4.69, 9.17) is 0 Å². The third-order valence-electron chi connectivity index (χ3n) is 3.22. The molecule has 1 saturated carbocycles. The van der Waals surface area contributed by atoms with Crippen LogP contribution in [0.1, 0.15) is 32.1 Å². The van der Waals surface area contributed by atoms with Crippen molar-refractivity contribution in [2.75, 3.05) is 7.05 Å². The topological polar surface area (TPSA) is 49.4 Å². The Kier molecular flexibility index (Phi) is 2.54. The van der Waals surface area contributed by atoms with Crippen molar-refractivity contribution in [1.29, 1.82) is 0 Å². The van der Waals surface area contributed by atoms with Gasteiger partial charge in [-0.1, -0.05) is 12.8 Å². The van der Waals surface area contributed by atoms with Crippen LogP contribution in [0.15, 0.2) is 0 Å². The highest BCUT2D eigenvalue weighted by molar-refractivity contribution is 6.05. The fourth-order valence-electron chi connectivity index (χ4n) is 2.42. The lowest BCUT2D eigenvalue weighted by atomic mass is 10.2. The molecule has 4 nitrogen and oxygen atoms in total. The van der Waals surface area contributed by atoms with Gasteiger partial charge in [-0.2, -0.15) is 0 Å². The summed E-state index contributed by atoms with van der Waals surface area (Å²) < 4.78 is 0. The molecule has 0 spiro atoms. The molecule has 1 aliphatic heterocycles. The summed E-state index contributed by atoms with van der Waals surface area (Å²) in [4.78, 5) is 24.9. The van der Waals surface area contributed by atoms with E-state index >= 15 is 0 Å². The average Bonchev–Trinajstić information content (AvgIpc) is 2.74. The van der Waals surface area contributed by atoms with Gasteiger partial charge in [-0.25, -0.2) is 0 Å². The minimum absolute atomic E-state index is 0.00116. The first kappa shape index (κ1) is 9.65. The van der Waals surface area contributed by atoms with Gasteiger partial charge in [0.15, 0.2) is 0 Å². The SMILES string of the molecule is CNC1CC(=O)N(C2CCCC2)C1=O. The van der Waals surface area contributed by atoms with Crippen molar-refractivity contribution >= 4 is 11.8 Å². The Morgan fingerprint density at radius 3 is 2.43 bits per heavy atom. The second kappa shape index (κ2) is 3.69. The normalized spacial score (nSPS) is 29.2. The molecule has 4 heteroatoms. The van der Waals surface area contributed by atoms with Crippen LogP contribution < -0.4 is 5.32 Å². The molecule has 14 heavy (non-hydrogen) atoms. The van der Waals surface area contributed by atoms with Gasteiger partial charge in [-0.3, -0.25) is 14.5 Å². The number of likely N-dealkylation sites (tertiary alicyclic amines) is 1. The number of carbonyl (C=O) groups is 2. The van der Waals surface area contributed by atoms with Crippen LogP contribution in [0, 0.1) is 0 Å². The van der Waals surface area contributed by atoms with Gasteiger partial charge >= 0.3 is 0 Å².